The zero-order valence-corrected chi connectivity index (χ0v) is 21.3. The largest absolute Gasteiger partial charge is 0.354 e. The summed E-state index contributed by atoms with van der Waals surface area (Å²) >= 11 is 14.0. The average Bonchev–Trinajstić information content (AvgIpc) is 3.55. The Kier molecular flexibility index (Phi) is 7.12. The van der Waals surface area contributed by atoms with Crippen molar-refractivity contribution in [1.82, 2.24) is 15.5 Å². The summed E-state index contributed by atoms with van der Waals surface area (Å²) in [6, 6.07) is 15.6. The quantitative estimate of drug-likeness (QED) is 0.592. The molecule has 5 rings (SSSR count). The molecule has 34 heavy (non-hydrogen) atoms. The van der Waals surface area contributed by atoms with Gasteiger partial charge in [-0.05, 0) is 54.9 Å². The minimum Gasteiger partial charge on any atom is -0.354 e. The number of nitrogens with one attached hydrogen (secondary N) is 2. The highest BCUT2D eigenvalue weighted by Gasteiger charge is 2.49. The average molecular weight is 519 g/mol. The van der Waals surface area contributed by atoms with Crippen LogP contribution in [-0.4, -0.2) is 53.0 Å². The fraction of sp³-hybridized carbons (Fsp3) is 0.462. The molecule has 2 aromatic carbocycles. The molecular formula is C26H29Cl2N3O2S. The first-order valence-corrected chi connectivity index (χ1v) is 13.7. The van der Waals surface area contributed by atoms with Crippen LogP contribution in [0.15, 0.2) is 48.5 Å². The van der Waals surface area contributed by atoms with Gasteiger partial charge in [0.15, 0.2) is 0 Å². The highest BCUT2D eigenvalue weighted by atomic mass is 35.5. The van der Waals surface area contributed by atoms with Gasteiger partial charge in [-0.3, -0.25) is 14.9 Å². The van der Waals surface area contributed by atoms with Crippen LogP contribution in [-0.2, 0) is 16.0 Å². The molecule has 2 amide bonds. The van der Waals surface area contributed by atoms with Crippen molar-refractivity contribution in [3.63, 3.8) is 0 Å². The molecule has 1 saturated carbocycles. The number of halogens is 2. The summed E-state index contributed by atoms with van der Waals surface area (Å²) in [6.45, 7) is 2.03. The summed E-state index contributed by atoms with van der Waals surface area (Å²) in [4.78, 5) is 27.7. The van der Waals surface area contributed by atoms with Crippen molar-refractivity contribution >= 4 is 46.8 Å². The van der Waals surface area contributed by atoms with Gasteiger partial charge in [0.1, 0.15) is 0 Å². The predicted molar refractivity (Wildman–Crippen MR) is 138 cm³/mol. The van der Waals surface area contributed by atoms with E-state index < -0.39 is 0 Å². The molecule has 5 nitrogen and oxygen atoms in total. The normalized spacial score (nSPS) is 25.4. The first-order valence-electron chi connectivity index (χ1n) is 11.9. The van der Waals surface area contributed by atoms with Crippen molar-refractivity contribution in [2.24, 2.45) is 5.92 Å². The number of hydrogen-bond acceptors (Lipinski definition) is 4. The molecule has 2 heterocycles. The van der Waals surface area contributed by atoms with Gasteiger partial charge in [0.05, 0.1) is 10.9 Å². The van der Waals surface area contributed by atoms with E-state index in [0.717, 1.165) is 43.7 Å². The molecular weight excluding hydrogens is 489 g/mol. The van der Waals surface area contributed by atoms with Crippen molar-refractivity contribution in [2.45, 2.75) is 42.5 Å². The standard InChI is InChI=1S/C26H29Cl2N3O2S/c27-19-7-6-18(22(28)14-19)8-11-29-24(32)23-16-34-26(30-23)9-12-31(13-10-26)25(33)21-15-20(21)17-4-2-1-3-5-17/h1-7,14,20-21,23,30H,8-13,15-16H2,(H,29,32)/t20-,21?,23?/m0/s1. The SMILES string of the molecule is O=C(NCCc1ccc(Cl)cc1Cl)C1CSC2(CCN(C(=O)C3C[C@H]3c3ccccc3)CC2)N1. The summed E-state index contributed by atoms with van der Waals surface area (Å²) in [5, 5.41) is 7.85. The number of piperidine rings is 1. The van der Waals surface area contributed by atoms with Crippen LogP contribution in [0.1, 0.15) is 36.3 Å². The van der Waals surface area contributed by atoms with Crippen molar-refractivity contribution in [2.75, 3.05) is 25.4 Å². The minimum absolute atomic E-state index is 0.0247. The van der Waals surface area contributed by atoms with Crippen LogP contribution < -0.4 is 10.6 Å². The predicted octanol–water partition coefficient (Wildman–Crippen LogP) is 4.48. The lowest BCUT2D eigenvalue weighted by Gasteiger charge is -2.39. The molecule has 3 atom stereocenters. The summed E-state index contributed by atoms with van der Waals surface area (Å²) in [5.74, 6) is 1.58. The summed E-state index contributed by atoms with van der Waals surface area (Å²) < 4.78 is 0. The van der Waals surface area contributed by atoms with Gasteiger partial charge in [0, 0.05) is 41.4 Å². The summed E-state index contributed by atoms with van der Waals surface area (Å²) in [6.07, 6.45) is 3.36. The highest BCUT2D eigenvalue weighted by molar-refractivity contribution is 8.01. The Morgan fingerprint density at radius 1 is 1.12 bits per heavy atom. The monoisotopic (exact) mass is 517 g/mol. The summed E-state index contributed by atoms with van der Waals surface area (Å²) in [5.41, 5.74) is 2.24. The van der Waals surface area contributed by atoms with Gasteiger partial charge >= 0.3 is 0 Å². The van der Waals surface area contributed by atoms with Gasteiger partial charge in [0.2, 0.25) is 11.8 Å². The van der Waals surface area contributed by atoms with Crippen LogP contribution in [0.25, 0.3) is 0 Å². The van der Waals surface area contributed by atoms with Crippen molar-refractivity contribution in [3.8, 4) is 0 Å². The number of carbonyl (C=O) groups is 2. The van der Waals surface area contributed by atoms with Gasteiger partial charge < -0.3 is 10.2 Å². The van der Waals surface area contributed by atoms with E-state index in [-0.39, 0.29) is 22.7 Å². The zero-order chi connectivity index (χ0) is 23.7. The lowest BCUT2D eigenvalue weighted by Crippen LogP contribution is -2.54. The van der Waals surface area contributed by atoms with E-state index in [0.29, 0.717) is 34.8 Å². The first kappa shape index (κ1) is 24.0. The van der Waals surface area contributed by atoms with E-state index >= 15 is 0 Å². The van der Waals surface area contributed by atoms with E-state index in [2.05, 4.69) is 22.8 Å². The molecule has 2 unspecified atom stereocenters. The second kappa shape index (κ2) is 10.1. The molecule has 1 spiro atoms. The smallest absolute Gasteiger partial charge is 0.238 e. The minimum atomic E-state index is -0.209. The third-order valence-corrected chi connectivity index (χ3v) is 9.37. The molecule has 2 saturated heterocycles. The molecule has 0 radical (unpaired) electrons. The lowest BCUT2D eigenvalue weighted by molar-refractivity contribution is -0.134. The number of likely N-dealkylation sites (tertiary alicyclic amines) is 1. The van der Waals surface area contributed by atoms with Crippen LogP contribution in [0, 0.1) is 5.92 Å². The van der Waals surface area contributed by atoms with Crippen molar-refractivity contribution in [1.29, 1.82) is 0 Å². The van der Waals surface area contributed by atoms with Crippen LogP contribution in [0.4, 0.5) is 0 Å². The van der Waals surface area contributed by atoms with E-state index in [1.807, 2.05) is 47.0 Å². The second-order valence-corrected chi connectivity index (χ2v) is 11.7. The third-order valence-electron chi connectivity index (χ3n) is 7.21. The van der Waals surface area contributed by atoms with Crippen molar-refractivity contribution in [3.05, 3.63) is 69.7 Å². The number of rotatable bonds is 6. The fourth-order valence-electron chi connectivity index (χ4n) is 5.10. The molecule has 2 aliphatic heterocycles. The molecule has 0 aromatic heterocycles. The van der Waals surface area contributed by atoms with Gasteiger partial charge in [-0.1, -0.05) is 59.6 Å². The zero-order valence-electron chi connectivity index (χ0n) is 18.9. The van der Waals surface area contributed by atoms with E-state index in [9.17, 15) is 9.59 Å². The Hall–Kier alpha value is -1.73. The third kappa shape index (κ3) is 5.25. The Bertz CT molecular complexity index is 1060. The number of nitrogens with zero attached hydrogens (tertiary/aromatic N) is 1. The van der Waals surface area contributed by atoms with Crippen LogP contribution in [0.3, 0.4) is 0 Å². The molecule has 0 bridgehead atoms. The maximum atomic E-state index is 13.0. The van der Waals surface area contributed by atoms with Gasteiger partial charge in [-0.15, -0.1) is 11.8 Å². The van der Waals surface area contributed by atoms with Crippen LogP contribution >= 0.6 is 35.0 Å². The van der Waals surface area contributed by atoms with E-state index in [4.69, 9.17) is 23.2 Å². The Balaban J connectivity index is 1.07. The number of carbonyl (C=O) groups excluding carboxylic acids is 2. The lowest BCUT2D eigenvalue weighted by atomic mass is 10.0. The van der Waals surface area contributed by atoms with E-state index in [1.165, 1.54) is 5.56 Å². The van der Waals surface area contributed by atoms with Gasteiger partial charge in [-0.25, -0.2) is 0 Å². The van der Waals surface area contributed by atoms with Gasteiger partial charge in [0.25, 0.3) is 0 Å². The molecule has 3 aliphatic rings. The van der Waals surface area contributed by atoms with Crippen molar-refractivity contribution < 1.29 is 9.59 Å². The fourth-order valence-corrected chi connectivity index (χ4v) is 7.02. The number of amides is 2. The molecule has 3 fully saturated rings. The van der Waals surface area contributed by atoms with E-state index in [1.54, 1.807) is 6.07 Å². The Labute approximate surface area is 214 Å². The second-order valence-electron chi connectivity index (χ2n) is 9.46. The number of hydrogen-bond donors (Lipinski definition) is 2. The maximum Gasteiger partial charge on any atom is 0.238 e. The highest BCUT2D eigenvalue weighted by Crippen LogP contribution is 2.49. The molecule has 1 aliphatic carbocycles. The topological polar surface area (TPSA) is 61.4 Å². The Morgan fingerprint density at radius 3 is 2.62 bits per heavy atom. The first-order chi connectivity index (χ1) is 16.4. The summed E-state index contributed by atoms with van der Waals surface area (Å²) in [7, 11) is 0. The van der Waals surface area contributed by atoms with Gasteiger partial charge in [-0.2, -0.15) is 0 Å². The number of thioether (sulfide) groups is 1. The molecule has 2 N–H and O–H groups in total. The molecule has 180 valence electrons. The Morgan fingerprint density at radius 2 is 1.88 bits per heavy atom. The van der Waals surface area contributed by atoms with Crippen LogP contribution in [0.5, 0.6) is 0 Å². The van der Waals surface area contributed by atoms with Crippen LogP contribution in [0.2, 0.25) is 10.0 Å². The molecule has 2 aromatic rings. The number of benzene rings is 2. The molecule has 8 heteroatoms. The maximum absolute atomic E-state index is 13.0.